The number of hydrogen-bond donors (Lipinski definition) is 0. The molecule has 4 rings (SSSR count). The summed E-state index contributed by atoms with van der Waals surface area (Å²) < 4.78 is 5.91. The highest BCUT2D eigenvalue weighted by molar-refractivity contribution is 5.79. The summed E-state index contributed by atoms with van der Waals surface area (Å²) >= 11 is 0. The van der Waals surface area contributed by atoms with Crippen LogP contribution < -0.4 is 0 Å². The van der Waals surface area contributed by atoms with Gasteiger partial charge < -0.3 is 4.74 Å². The minimum atomic E-state index is -0.297. The van der Waals surface area contributed by atoms with Gasteiger partial charge in [0, 0.05) is 25.2 Å². The van der Waals surface area contributed by atoms with Crippen LogP contribution in [0.3, 0.4) is 0 Å². The number of esters is 1. The first-order valence-corrected chi connectivity index (χ1v) is 10.4. The molecule has 0 aromatic heterocycles. The van der Waals surface area contributed by atoms with Crippen molar-refractivity contribution in [1.82, 2.24) is 0 Å². The minimum Gasteiger partial charge on any atom is -0.459 e. The smallest absolute Gasteiger partial charge is 0.303 e. The van der Waals surface area contributed by atoms with Crippen LogP contribution in [0.5, 0.6) is 0 Å². The average Bonchev–Trinajstić information content (AvgIpc) is 2.79. The second kappa shape index (κ2) is 5.57. The monoisotopic (exact) mass is 346 g/mol. The number of fused-ring (bicyclic) bond motifs is 5. The average molecular weight is 347 g/mol. The lowest BCUT2D eigenvalue weighted by atomic mass is 9.44. The molecule has 0 N–H and O–H groups in total. The Morgan fingerprint density at radius 3 is 2.44 bits per heavy atom. The van der Waals surface area contributed by atoms with Crippen molar-refractivity contribution < 1.29 is 14.3 Å². The first kappa shape index (κ1) is 17.5. The molecule has 0 aliphatic heterocycles. The molecule has 3 heteroatoms. The Morgan fingerprint density at radius 2 is 1.72 bits per heavy atom. The highest BCUT2D eigenvalue weighted by atomic mass is 16.6. The van der Waals surface area contributed by atoms with Crippen LogP contribution in [0.4, 0.5) is 0 Å². The molecule has 0 saturated heterocycles. The first-order valence-electron chi connectivity index (χ1n) is 10.4. The lowest BCUT2D eigenvalue weighted by molar-refractivity contribution is -0.183. The van der Waals surface area contributed by atoms with Crippen LogP contribution in [0, 0.1) is 34.5 Å². The molecule has 0 aromatic rings. The van der Waals surface area contributed by atoms with Crippen LogP contribution in [0.25, 0.3) is 0 Å². The van der Waals surface area contributed by atoms with Crippen molar-refractivity contribution in [1.29, 1.82) is 0 Å². The van der Waals surface area contributed by atoms with E-state index in [-0.39, 0.29) is 17.0 Å². The quantitative estimate of drug-likeness (QED) is 0.633. The Bertz CT molecular complexity index is 598. The van der Waals surface area contributed by atoms with E-state index in [1.807, 2.05) is 0 Å². The van der Waals surface area contributed by atoms with Crippen LogP contribution in [-0.2, 0) is 14.3 Å². The molecule has 4 aliphatic rings. The van der Waals surface area contributed by atoms with Crippen LogP contribution in [0.2, 0.25) is 0 Å². The van der Waals surface area contributed by atoms with E-state index in [1.54, 1.807) is 6.92 Å². The van der Waals surface area contributed by atoms with E-state index in [4.69, 9.17) is 4.74 Å². The third-order valence-electron chi connectivity index (χ3n) is 9.38. The summed E-state index contributed by atoms with van der Waals surface area (Å²) in [6, 6.07) is 0. The van der Waals surface area contributed by atoms with Crippen molar-refractivity contribution in [3.63, 3.8) is 0 Å². The predicted octanol–water partition coefficient (Wildman–Crippen LogP) is 4.92. The summed E-state index contributed by atoms with van der Waals surface area (Å²) in [7, 11) is 0. The molecule has 4 fully saturated rings. The zero-order valence-electron chi connectivity index (χ0n) is 16.4. The maximum absolute atomic E-state index is 12.0. The normalized spacial score (nSPS) is 52.1. The molecule has 0 bridgehead atoms. The van der Waals surface area contributed by atoms with Crippen molar-refractivity contribution >= 4 is 11.8 Å². The summed E-state index contributed by atoms with van der Waals surface area (Å²) in [5, 5.41) is 0. The Morgan fingerprint density at radius 1 is 1.00 bits per heavy atom. The first-order chi connectivity index (χ1) is 11.7. The number of carbonyl (C=O) groups is 2. The van der Waals surface area contributed by atoms with Crippen LogP contribution in [-0.4, -0.2) is 17.4 Å². The van der Waals surface area contributed by atoms with Gasteiger partial charge in [0.2, 0.25) is 0 Å². The number of Topliss-reactive ketones (excluding diaryl/α,β-unsaturated/α-hetero) is 1. The number of carbonyl (C=O) groups excluding carboxylic acids is 2. The van der Waals surface area contributed by atoms with Gasteiger partial charge in [-0.25, -0.2) is 0 Å². The highest BCUT2D eigenvalue weighted by Gasteiger charge is 2.64. The Kier molecular flexibility index (Phi) is 3.91. The van der Waals surface area contributed by atoms with E-state index in [0.29, 0.717) is 23.0 Å². The van der Waals surface area contributed by atoms with Crippen LogP contribution in [0.1, 0.15) is 85.5 Å². The van der Waals surface area contributed by atoms with Gasteiger partial charge in [-0.2, -0.15) is 0 Å². The van der Waals surface area contributed by atoms with E-state index >= 15 is 0 Å². The highest BCUT2D eigenvalue weighted by Crippen LogP contribution is 2.68. The Balaban J connectivity index is 1.62. The number of hydrogen-bond acceptors (Lipinski definition) is 3. The molecule has 0 radical (unpaired) electrons. The van der Waals surface area contributed by atoms with Gasteiger partial charge in [-0.05, 0) is 81.0 Å². The van der Waals surface area contributed by atoms with Gasteiger partial charge in [-0.15, -0.1) is 0 Å². The summed E-state index contributed by atoms with van der Waals surface area (Å²) in [5.74, 6) is 3.16. The molecule has 4 saturated carbocycles. The minimum absolute atomic E-state index is 0.119. The fraction of sp³-hybridized carbons (Fsp3) is 0.909. The Labute approximate surface area is 152 Å². The molecule has 140 valence electrons. The van der Waals surface area contributed by atoms with Crippen molar-refractivity contribution in [3.8, 4) is 0 Å². The lowest BCUT2D eigenvalue weighted by Crippen LogP contribution is -2.56. The molecule has 25 heavy (non-hydrogen) atoms. The summed E-state index contributed by atoms with van der Waals surface area (Å²) in [6.07, 6.45) is 9.83. The van der Waals surface area contributed by atoms with Crippen molar-refractivity contribution in [3.05, 3.63) is 0 Å². The van der Waals surface area contributed by atoms with Gasteiger partial charge in [0.05, 0.1) is 0 Å². The molecule has 0 aromatic carbocycles. The van der Waals surface area contributed by atoms with Gasteiger partial charge in [0.25, 0.3) is 0 Å². The van der Waals surface area contributed by atoms with Crippen LogP contribution in [0.15, 0.2) is 0 Å². The van der Waals surface area contributed by atoms with E-state index in [2.05, 4.69) is 20.8 Å². The van der Waals surface area contributed by atoms with E-state index in [9.17, 15) is 9.59 Å². The maximum atomic E-state index is 12.0. The van der Waals surface area contributed by atoms with Crippen molar-refractivity contribution in [2.75, 3.05) is 0 Å². The van der Waals surface area contributed by atoms with Crippen LogP contribution >= 0.6 is 0 Å². The van der Waals surface area contributed by atoms with Gasteiger partial charge in [0.1, 0.15) is 11.4 Å². The van der Waals surface area contributed by atoms with Gasteiger partial charge in [-0.3, -0.25) is 9.59 Å². The zero-order chi connectivity index (χ0) is 18.0. The molecule has 0 amide bonds. The zero-order valence-corrected chi connectivity index (χ0v) is 16.4. The van der Waals surface area contributed by atoms with E-state index in [1.165, 1.54) is 32.1 Å². The van der Waals surface area contributed by atoms with Gasteiger partial charge in [-0.1, -0.05) is 13.8 Å². The molecule has 0 heterocycles. The molecule has 7 atom stereocenters. The second-order valence-electron chi connectivity index (χ2n) is 10.2. The molecule has 0 spiro atoms. The van der Waals surface area contributed by atoms with Crippen molar-refractivity contribution in [2.24, 2.45) is 34.5 Å². The van der Waals surface area contributed by atoms with E-state index in [0.717, 1.165) is 37.5 Å². The third kappa shape index (κ3) is 2.36. The maximum Gasteiger partial charge on any atom is 0.303 e. The fourth-order valence-corrected chi connectivity index (χ4v) is 7.76. The molecular formula is C22H34O3. The Hall–Kier alpha value is -0.860. The standard InChI is InChI=1S/C22H34O3/c1-14(23)25-22(4)12-9-19-17-6-5-15-13-16(24)7-10-20(15,2)18(17)8-11-21(19,22)3/h15,17-19H,5-13H2,1-4H3/t15-,17-,18+,19+,20-,21-,22-/m0/s1. The second-order valence-corrected chi connectivity index (χ2v) is 10.2. The van der Waals surface area contributed by atoms with Crippen molar-refractivity contribution in [2.45, 2.75) is 91.1 Å². The summed E-state index contributed by atoms with van der Waals surface area (Å²) in [5.41, 5.74) is 0.181. The van der Waals surface area contributed by atoms with Gasteiger partial charge >= 0.3 is 5.97 Å². The summed E-state index contributed by atoms with van der Waals surface area (Å²) in [6.45, 7) is 8.62. The number of ether oxygens (including phenoxy) is 1. The molecular weight excluding hydrogens is 312 g/mol. The predicted molar refractivity (Wildman–Crippen MR) is 96.9 cm³/mol. The molecule has 0 unspecified atom stereocenters. The van der Waals surface area contributed by atoms with Gasteiger partial charge in [0.15, 0.2) is 0 Å². The number of rotatable bonds is 1. The fourth-order valence-electron chi connectivity index (χ4n) is 7.76. The third-order valence-corrected chi connectivity index (χ3v) is 9.38. The topological polar surface area (TPSA) is 43.4 Å². The molecule has 4 aliphatic carbocycles. The van der Waals surface area contributed by atoms with E-state index < -0.39 is 0 Å². The largest absolute Gasteiger partial charge is 0.459 e. The summed E-state index contributed by atoms with van der Waals surface area (Å²) in [4.78, 5) is 23.7. The SMILES string of the molecule is CC(=O)O[C@@]1(C)CC[C@@H]2[C@H]3CC[C@H]4CC(=O)CC[C@]4(C)[C@@H]3CC[C@@]21C. The lowest BCUT2D eigenvalue weighted by Gasteiger charge is -2.61. The number of ketones is 1. The molecule has 3 nitrogen and oxygen atoms in total.